The van der Waals surface area contributed by atoms with Crippen molar-refractivity contribution in [2.24, 2.45) is 11.7 Å². The van der Waals surface area contributed by atoms with Crippen LogP contribution in [0.4, 0.5) is 0 Å². The third-order valence-corrected chi connectivity index (χ3v) is 3.36. The Balaban J connectivity index is 6.13. The molecule has 0 unspecified atom stereocenters. The summed E-state index contributed by atoms with van der Waals surface area (Å²) in [6.07, 6.45) is 1.68. The summed E-state index contributed by atoms with van der Waals surface area (Å²) in [5.41, 5.74) is 8.54. The lowest BCUT2D eigenvalue weighted by Gasteiger charge is -2.22. The monoisotopic (exact) mass is 280 g/mol. The maximum Gasteiger partial charge on any atom is 0.249 e. The Labute approximate surface area is 122 Å². The van der Waals surface area contributed by atoms with Crippen LogP contribution in [0.3, 0.4) is 0 Å². The van der Waals surface area contributed by atoms with Crippen LogP contribution in [0.15, 0.2) is 22.3 Å². The lowest BCUT2D eigenvalue weighted by Crippen LogP contribution is -2.25. The Morgan fingerprint density at radius 2 is 1.60 bits per heavy atom. The van der Waals surface area contributed by atoms with Crippen LogP contribution in [0.25, 0.3) is 0 Å². The molecular weight excluding hydrogens is 252 g/mol. The summed E-state index contributed by atoms with van der Waals surface area (Å²) in [4.78, 5) is 25.3. The highest BCUT2D eigenvalue weighted by Gasteiger charge is 2.21. The SMILES string of the molecule is CCCC(=C(/C)C(=O)N(C)C)/C(=C(\C)C(N)=O)C(C)C. The zero-order valence-electron chi connectivity index (χ0n) is 13.8. The summed E-state index contributed by atoms with van der Waals surface area (Å²) in [5.74, 6) is -0.301. The van der Waals surface area contributed by atoms with Crippen molar-refractivity contribution in [3.05, 3.63) is 22.3 Å². The van der Waals surface area contributed by atoms with Crippen LogP contribution in [-0.2, 0) is 9.59 Å². The van der Waals surface area contributed by atoms with Crippen molar-refractivity contribution in [2.75, 3.05) is 14.1 Å². The molecule has 4 heteroatoms. The van der Waals surface area contributed by atoms with Crippen LogP contribution in [-0.4, -0.2) is 30.8 Å². The van der Waals surface area contributed by atoms with Gasteiger partial charge in [0.25, 0.3) is 0 Å². The molecular formula is C16H28N2O2. The average Bonchev–Trinajstić information content (AvgIpc) is 2.35. The molecule has 0 heterocycles. The van der Waals surface area contributed by atoms with Gasteiger partial charge in [-0.3, -0.25) is 9.59 Å². The molecule has 0 bridgehead atoms. The lowest BCUT2D eigenvalue weighted by atomic mass is 9.85. The quantitative estimate of drug-likeness (QED) is 0.600. The molecule has 0 aromatic rings. The first kappa shape index (κ1) is 18.4. The summed E-state index contributed by atoms with van der Waals surface area (Å²) in [7, 11) is 3.46. The van der Waals surface area contributed by atoms with Gasteiger partial charge in [0.1, 0.15) is 0 Å². The van der Waals surface area contributed by atoms with Gasteiger partial charge in [-0.15, -0.1) is 0 Å². The Kier molecular flexibility index (Phi) is 7.25. The van der Waals surface area contributed by atoms with Crippen molar-refractivity contribution in [3.63, 3.8) is 0 Å². The van der Waals surface area contributed by atoms with E-state index in [1.165, 1.54) is 0 Å². The third kappa shape index (κ3) is 4.51. The fourth-order valence-electron chi connectivity index (χ4n) is 2.38. The molecule has 20 heavy (non-hydrogen) atoms. The minimum atomic E-state index is -0.424. The van der Waals surface area contributed by atoms with Crippen molar-refractivity contribution >= 4 is 11.8 Å². The van der Waals surface area contributed by atoms with Crippen LogP contribution in [0.2, 0.25) is 0 Å². The van der Waals surface area contributed by atoms with Crippen LogP contribution in [0.1, 0.15) is 47.5 Å². The first-order valence-corrected chi connectivity index (χ1v) is 7.07. The molecule has 0 saturated heterocycles. The Morgan fingerprint density at radius 3 is 1.90 bits per heavy atom. The van der Waals surface area contributed by atoms with Crippen molar-refractivity contribution in [3.8, 4) is 0 Å². The normalized spacial score (nSPS) is 13.8. The minimum Gasteiger partial charge on any atom is -0.366 e. The molecule has 0 saturated carbocycles. The number of allylic oxidation sites excluding steroid dienone is 2. The van der Waals surface area contributed by atoms with Gasteiger partial charge in [0, 0.05) is 25.2 Å². The molecule has 2 amide bonds. The van der Waals surface area contributed by atoms with Gasteiger partial charge in [0.2, 0.25) is 11.8 Å². The number of hydrogen-bond acceptors (Lipinski definition) is 2. The maximum atomic E-state index is 12.2. The second kappa shape index (κ2) is 7.88. The van der Waals surface area contributed by atoms with Gasteiger partial charge in [0.05, 0.1) is 0 Å². The summed E-state index contributed by atoms with van der Waals surface area (Å²) < 4.78 is 0. The average molecular weight is 280 g/mol. The number of primary amides is 1. The van der Waals surface area contributed by atoms with E-state index in [0.717, 1.165) is 24.0 Å². The van der Waals surface area contributed by atoms with Gasteiger partial charge in [0.15, 0.2) is 0 Å². The van der Waals surface area contributed by atoms with E-state index in [0.29, 0.717) is 11.1 Å². The molecule has 0 aliphatic rings. The molecule has 2 N–H and O–H groups in total. The number of amides is 2. The van der Waals surface area contributed by atoms with E-state index in [1.807, 2.05) is 20.8 Å². The van der Waals surface area contributed by atoms with E-state index < -0.39 is 5.91 Å². The largest absolute Gasteiger partial charge is 0.366 e. The number of rotatable bonds is 6. The molecule has 0 fully saturated rings. The van der Waals surface area contributed by atoms with E-state index in [-0.39, 0.29) is 11.8 Å². The van der Waals surface area contributed by atoms with Crippen LogP contribution in [0.5, 0.6) is 0 Å². The van der Waals surface area contributed by atoms with Crippen molar-refractivity contribution < 1.29 is 9.59 Å². The zero-order valence-corrected chi connectivity index (χ0v) is 13.8. The van der Waals surface area contributed by atoms with Gasteiger partial charge >= 0.3 is 0 Å². The molecule has 0 radical (unpaired) electrons. The fourth-order valence-corrected chi connectivity index (χ4v) is 2.38. The van der Waals surface area contributed by atoms with Gasteiger partial charge in [-0.05, 0) is 37.3 Å². The predicted octanol–water partition coefficient (Wildman–Crippen LogP) is 2.65. The van der Waals surface area contributed by atoms with E-state index >= 15 is 0 Å². The van der Waals surface area contributed by atoms with Gasteiger partial charge in [-0.1, -0.05) is 27.2 Å². The van der Waals surface area contributed by atoms with E-state index in [4.69, 9.17) is 5.73 Å². The van der Waals surface area contributed by atoms with E-state index in [9.17, 15) is 9.59 Å². The molecule has 0 spiro atoms. The Morgan fingerprint density at radius 1 is 1.10 bits per heavy atom. The predicted molar refractivity (Wildman–Crippen MR) is 83.0 cm³/mol. The molecule has 0 aromatic carbocycles. The van der Waals surface area contributed by atoms with Crippen LogP contribution in [0, 0.1) is 5.92 Å². The highest BCUT2D eigenvalue weighted by Crippen LogP contribution is 2.30. The second-order valence-electron chi connectivity index (χ2n) is 5.61. The van der Waals surface area contributed by atoms with Gasteiger partial charge in [-0.25, -0.2) is 0 Å². The minimum absolute atomic E-state index is 0.0242. The number of likely N-dealkylation sites (N-methyl/N-ethyl adjacent to an activating group) is 1. The highest BCUT2D eigenvalue weighted by atomic mass is 16.2. The highest BCUT2D eigenvalue weighted by molar-refractivity contribution is 5.96. The lowest BCUT2D eigenvalue weighted by molar-refractivity contribution is -0.124. The number of hydrogen-bond donors (Lipinski definition) is 1. The second-order valence-corrected chi connectivity index (χ2v) is 5.61. The van der Waals surface area contributed by atoms with E-state index in [2.05, 4.69) is 6.92 Å². The fraction of sp³-hybridized carbons (Fsp3) is 0.625. The summed E-state index contributed by atoms with van der Waals surface area (Å²) in [6.45, 7) is 9.66. The van der Waals surface area contributed by atoms with Crippen LogP contribution < -0.4 is 5.73 Å². The molecule has 0 aromatic heterocycles. The molecule has 0 rings (SSSR count). The number of carbonyl (C=O) groups excluding carboxylic acids is 2. The summed E-state index contributed by atoms with van der Waals surface area (Å²) in [6, 6.07) is 0. The topological polar surface area (TPSA) is 63.4 Å². The number of nitrogens with zero attached hydrogens (tertiary/aromatic N) is 1. The van der Waals surface area contributed by atoms with Crippen LogP contribution >= 0.6 is 0 Å². The van der Waals surface area contributed by atoms with Crippen molar-refractivity contribution in [2.45, 2.75) is 47.5 Å². The summed E-state index contributed by atoms with van der Waals surface area (Å²) in [5, 5.41) is 0. The standard InChI is InChI=1S/C16H28N2O2/c1-8-9-13(11(4)16(20)18(6)7)14(10(2)3)12(5)15(17)19/h10H,8-9H2,1-7H3,(H2,17,19)/b13-11+,14-12+. The van der Waals surface area contributed by atoms with E-state index in [1.54, 1.807) is 25.9 Å². The Bertz CT molecular complexity index is 443. The summed E-state index contributed by atoms with van der Waals surface area (Å²) >= 11 is 0. The van der Waals surface area contributed by atoms with Crippen molar-refractivity contribution in [1.29, 1.82) is 0 Å². The first-order valence-electron chi connectivity index (χ1n) is 7.07. The zero-order chi connectivity index (χ0) is 16.0. The van der Waals surface area contributed by atoms with Crippen molar-refractivity contribution in [1.82, 2.24) is 4.90 Å². The molecule has 0 aliphatic carbocycles. The maximum absolute atomic E-state index is 12.2. The number of nitrogens with two attached hydrogens (primary N) is 1. The number of carbonyl (C=O) groups is 2. The molecule has 0 aliphatic heterocycles. The third-order valence-electron chi connectivity index (χ3n) is 3.36. The van der Waals surface area contributed by atoms with Gasteiger partial charge in [-0.2, -0.15) is 0 Å². The molecule has 0 atom stereocenters. The first-order chi connectivity index (χ1) is 9.14. The molecule has 4 nitrogen and oxygen atoms in total. The van der Waals surface area contributed by atoms with Gasteiger partial charge < -0.3 is 10.6 Å². The molecule has 114 valence electrons. The smallest absolute Gasteiger partial charge is 0.249 e. The Hall–Kier alpha value is -1.58.